The number of ether oxygens (including phenoxy) is 2. The average Bonchev–Trinajstić information content (AvgIpc) is 2.84. The summed E-state index contributed by atoms with van der Waals surface area (Å²) in [6.45, 7) is 0.554. The van der Waals surface area contributed by atoms with Crippen molar-refractivity contribution in [2.24, 2.45) is 0 Å². The van der Waals surface area contributed by atoms with E-state index in [4.69, 9.17) is 9.47 Å². The summed E-state index contributed by atoms with van der Waals surface area (Å²) in [5, 5.41) is 0. The zero-order chi connectivity index (χ0) is 22.3. The molecule has 0 aliphatic carbocycles. The minimum absolute atomic E-state index is 0.0369. The summed E-state index contributed by atoms with van der Waals surface area (Å²) in [7, 11) is 3.41. The van der Waals surface area contributed by atoms with Crippen molar-refractivity contribution < 1.29 is 14.3 Å². The average molecular weight is 425 g/mol. The summed E-state index contributed by atoms with van der Waals surface area (Å²) in [5.74, 6) is 1.71. The van der Waals surface area contributed by atoms with Crippen LogP contribution in [0.2, 0.25) is 0 Å². The van der Waals surface area contributed by atoms with E-state index in [1.54, 1.807) is 31.2 Å². The topological polar surface area (TPSA) is 64.6 Å². The molecule has 0 spiro atoms. The molecule has 4 aromatic rings. The van der Waals surface area contributed by atoms with Crippen LogP contribution in [-0.4, -0.2) is 34.9 Å². The number of aromatic nitrogens is 2. The van der Waals surface area contributed by atoms with Crippen molar-refractivity contribution in [1.82, 2.24) is 14.9 Å². The summed E-state index contributed by atoms with van der Waals surface area (Å²) in [6.07, 6.45) is 1.46. The minimum Gasteiger partial charge on any atom is -0.497 e. The number of carbonyl (C=O) groups is 1. The van der Waals surface area contributed by atoms with E-state index in [1.807, 2.05) is 72.8 Å². The summed E-state index contributed by atoms with van der Waals surface area (Å²) in [5.41, 5.74) is 3.28. The van der Waals surface area contributed by atoms with Crippen molar-refractivity contribution >= 4 is 5.91 Å². The van der Waals surface area contributed by atoms with E-state index in [1.165, 1.54) is 6.33 Å². The molecule has 0 radical (unpaired) electrons. The van der Waals surface area contributed by atoms with Crippen LogP contribution in [0.5, 0.6) is 17.4 Å². The van der Waals surface area contributed by atoms with Crippen LogP contribution in [0.4, 0.5) is 0 Å². The molecular formula is C26H23N3O3. The van der Waals surface area contributed by atoms with Gasteiger partial charge >= 0.3 is 0 Å². The lowest BCUT2D eigenvalue weighted by Gasteiger charge is -2.17. The highest BCUT2D eigenvalue weighted by atomic mass is 16.5. The van der Waals surface area contributed by atoms with Gasteiger partial charge in [0.2, 0.25) is 5.88 Å². The number of benzene rings is 3. The first-order valence-electron chi connectivity index (χ1n) is 10.2. The standard InChI is InChI=1S/C26H23N3O3/c1-29(17-19-7-4-3-5-8-19)26(30)21-13-11-20(12-14-21)24-16-25(28-18-27-24)32-23-10-6-9-22(15-23)31-2/h3-16,18H,17H2,1-2H3. The highest BCUT2D eigenvalue weighted by Crippen LogP contribution is 2.26. The Bertz CT molecular complexity index is 1190. The van der Waals surface area contributed by atoms with Gasteiger partial charge in [-0.2, -0.15) is 0 Å². The van der Waals surface area contributed by atoms with Crippen molar-refractivity contribution in [2.75, 3.05) is 14.2 Å². The van der Waals surface area contributed by atoms with Gasteiger partial charge in [0.15, 0.2) is 0 Å². The summed E-state index contributed by atoms with van der Waals surface area (Å²) in [6, 6.07) is 26.4. The maximum absolute atomic E-state index is 12.8. The molecule has 0 bridgehead atoms. The van der Waals surface area contributed by atoms with Crippen LogP contribution in [-0.2, 0) is 6.54 Å². The Morgan fingerprint density at radius 3 is 2.38 bits per heavy atom. The summed E-state index contributed by atoms with van der Waals surface area (Å²) >= 11 is 0. The van der Waals surface area contributed by atoms with Gasteiger partial charge in [-0.05, 0) is 29.8 Å². The number of hydrogen-bond acceptors (Lipinski definition) is 5. The van der Waals surface area contributed by atoms with Crippen LogP contribution < -0.4 is 9.47 Å². The number of methoxy groups -OCH3 is 1. The van der Waals surface area contributed by atoms with E-state index in [0.717, 1.165) is 11.1 Å². The Morgan fingerprint density at radius 1 is 0.875 bits per heavy atom. The highest BCUT2D eigenvalue weighted by molar-refractivity contribution is 5.94. The molecule has 4 rings (SSSR count). The molecule has 0 saturated carbocycles. The van der Waals surface area contributed by atoms with Gasteiger partial charge in [0.25, 0.3) is 5.91 Å². The number of amides is 1. The fourth-order valence-electron chi connectivity index (χ4n) is 3.27. The van der Waals surface area contributed by atoms with Gasteiger partial charge < -0.3 is 14.4 Å². The molecule has 0 saturated heterocycles. The lowest BCUT2D eigenvalue weighted by molar-refractivity contribution is 0.0785. The van der Waals surface area contributed by atoms with Crippen LogP contribution in [0.15, 0.2) is 91.3 Å². The first kappa shape index (κ1) is 21.1. The van der Waals surface area contributed by atoms with Gasteiger partial charge in [0.05, 0.1) is 12.8 Å². The number of carbonyl (C=O) groups excluding carboxylic acids is 1. The van der Waals surface area contributed by atoms with Crippen molar-refractivity contribution in [3.8, 4) is 28.6 Å². The van der Waals surface area contributed by atoms with Crippen LogP contribution in [0, 0.1) is 0 Å². The van der Waals surface area contributed by atoms with Crippen molar-refractivity contribution in [3.63, 3.8) is 0 Å². The minimum atomic E-state index is -0.0369. The SMILES string of the molecule is COc1cccc(Oc2cc(-c3ccc(C(=O)N(C)Cc4ccccc4)cc3)ncn2)c1. The van der Waals surface area contributed by atoms with E-state index in [0.29, 0.717) is 35.2 Å². The molecule has 0 aliphatic rings. The second kappa shape index (κ2) is 9.75. The predicted molar refractivity (Wildman–Crippen MR) is 123 cm³/mol. The molecule has 0 atom stereocenters. The Kier molecular flexibility index (Phi) is 6.41. The van der Waals surface area contributed by atoms with Crippen LogP contribution in [0.25, 0.3) is 11.3 Å². The van der Waals surface area contributed by atoms with Gasteiger partial charge in [0.1, 0.15) is 17.8 Å². The molecule has 160 valence electrons. The largest absolute Gasteiger partial charge is 0.497 e. The Balaban J connectivity index is 1.46. The van der Waals surface area contributed by atoms with E-state index in [9.17, 15) is 4.79 Å². The molecule has 0 N–H and O–H groups in total. The third-order valence-corrected chi connectivity index (χ3v) is 4.94. The first-order valence-corrected chi connectivity index (χ1v) is 10.2. The molecule has 1 aromatic heterocycles. The molecule has 0 aliphatic heterocycles. The Morgan fingerprint density at radius 2 is 1.62 bits per heavy atom. The second-order valence-corrected chi connectivity index (χ2v) is 7.25. The zero-order valence-electron chi connectivity index (χ0n) is 17.9. The molecule has 0 unspecified atom stereocenters. The fourth-order valence-corrected chi connectivity index (χ4v) is 3.27. The van der Waals surface area contributed by atoms with E-state index >= 15 is 0 Å². The monoisotopic (exact) mass is 425 g/mol. The van der Waals surface area contributed by atoms with Crippen LogP contribution in [0.1, 0.15) is 15.9 Å². The smallest absolute Gasteiger partial charge is 0.253 e. The van der Waals surface area contributed by atoms with Crippen molar-refractivity contribution in [2.45, 2.75) is 6.54 Å². The molecule has 1 heterocycles. The second-order valence-electron chi connectivity index (χ2n) is 7.25. The lowest BCUT2D eigenvalue weighted by Crippen LogP contribution is -2.26. The summed E-state index contributed by atoms with van der Waals surface area (Å²) in [4.78, 5) is 23.0. The van der Waals surface area contributed by atoms with Crippen LogP contribution in [0.3, 0.4) is 0 Å². The molecular weight excluding hydrogens is 402 g/mol. The normalized spacial score (nSPS) is 10.4. The lowest BCUT2D eigenvalue weighted by atomic mass is 10.1. The molecule has 6 nitrogen and oxygen atoms in total. The quantitative estimate of drug-likeness (QED) is 0.406. The molecule has 3 aromatic carbocycles. The maximum atomic E-state index is 12.8. The van der Waals surface area contributed by atoms with Gasteiger partial charge in [-0.25, -0.2) is 9.97 Å². The van der Waals surface area contributed by atoms with E-state index in [2.05, 4.69) is 9.97 Å². The third kappa shape index (κ3) is 5.10. The molecule has 6 heteroatoms. The molecule has 0 fully saturated rings. The van der Waals surface area contributed by atoms with E-state index < -0.39 is 0 Å². The predicted octanol–water partition coefficient (Wildman–Crippen LogP) is 5.22. The highest BCUT2D eigenvalue weighted by Gasteiger charge is 2.13. The third-order valence-electron chi connectivity index (χ3n) is 4.94. The number of hydrogen-bond donors (Lipinski definition) is 0. The first-order chi connectivity index (χ1) is 15.6. The fraction of sp³-hybridized carbons (Fsp3) is 0.115. The molecule has 1 amide bonds. The van der Waals surface area contributed by atoms with Gasteiger partial charge in [-0.1, -0.05) is 48.5 Å². The van der Waals surface area contributed by atoms with Crippen molar-refractivity contribution in [3.05, 3.63) is 102 Å². The van der Waals surface area contributed by atoms with Gasteiger partial charge in [-0.15, -0.1) is 0 Å². The zero-order valence-corrected chi connectivity index (χ0v) is 17.9. The van der Waals surface area contributed by atoms with Crippen LogP contribution >= 0.6 is 0 Å². The van der Waals surface area contributed by atoms with Gasteiger partial charge in [0, 0.05) is 36.9 Å². The number of rotatable bonds is 7. The van der Waals surface area contributed by atoms with E-state index in [-0.39, 0.29) is 5.91 Å². The van der Waals surface area contributed by atoms with Crippen molar-refractivity contribution in [1.29, 1.82) is 0 Å². The summed E-state index contributed by atoms with van der Waals surface area (Å²) < 4.78 is 11.1. The Labute approximate surface area is 187 Å². The maximum Gasteiger partial charge on any atom is 0.253 e. The van der Waals surface area contributed by atoms with Gasteiger partial charge in [-0.3, -0.25) is 4.79 Å². The molecule has 32 heavy (non-hydrogen) atoms. The number of nitrogens with zero attached hydrogens (tertiary/aromatic N) is 3. The Hall–Kier alpha value is -4.19.